The van der Waals surface area contributed by atoms with Crippen LogP contribution in [0.3, 0.4) is 0 Å². The van der Waals surface area contributed by atoms with E-state index in [2.05, 4.69) is 27.8 Å². The fourth-order valence-electron chi connectivity index (χ4n) is 4.45. The summed E-state index contributed by atoms with van der Waals surface area (Å²) in [5.41, 5.74) is 1.53. The molecule has 1 aromatic rings. The molecule has 1 aromatic carbocycles. The van der Waals surface area contributed by atoms with E-state index in [0.29, 0.717) is 5.41 Å². The van der Waals surface area contributed by atoms with Gasteiger partial charge in [-0.1, -0.05) is 36.2 Å². The predicted molar refractivity (Wildman–Crippen MR) is 115 cm³/mol. The Labute approximate surface area is 174 Å². The topological polar surface area (TPSA) is 54.9 Å². The number of aliphatic imine (C=N–C) groups is 1. The SMILES string of the molecule is CN=C(NCC1(CCOC)CCC1)NCC1(c2ccccc2Cl)CCOCC1. The van der Waals surface area contributed by atoms with Gasteiger partial charge in [-0.15, -0.1) is 0 Å². The quantitative estimate of drug-likeness (QED) is 0.509. The maximum Gasteiger partial charge on any atom is 0.191 e. The van der Waals surface area contributed by atoms with E-state index in [-0.39, 0.29) is 5.41 Å². The number of halogens is 1. The molecule has 0 unspecified atom stereocenters. The summed E-state index contributed by atoms with van der Waals surface area (Å²) >= 11 is 6.57. The summed E-state index contributed by atoms with van der Waals surface area (Å²) in [4.78, 5) is 4.46. The van der Waals surface area contributed by atoms with Gasteiger partial charge in [-0.25, -0.2) is 0 Å². The highest BCUT2D eigenvalue weighted by Gasteiger charge is 2.38. The largest absolute Gasteiger partial charge is 0.385 e. The van der Waals surface area contributed by atoms with E-state index in [4.69, 9.17) is 21.1 Å². The third-order valence-corrected chi connectivity index (χ3v) is 6.92. The highest BCUT2D eigenvalue weighted by atomic mass is 35.5. The third-order valence-electron chi connectivity index (χ3n) is 6.59. The zero-order valence-electron chi connectivity index (χ0n) is 17.2. The molecule has 28 heavy (non-hydrogen) atoms. The molecule has 2 N–H and O–H groups in total. The number of nitrogens with zero attached hydrogens (tertiary/aromatic N) is 1. The van der Waals surface area contributed by atoms with Gasteiger partial charge in [-0.3, -0.25) is 4.99 Å². The first-order valence-electron chi connectivity index (χ1n) is 10.4. The minimum absolute atomic E-state index is 0.0293. The molecule has 0 spiro atoms. The van der Waals surface area contributed by atoms with Crippen molar-refractivity contribution in [2.45, 2.75) is 43.9 Å². The molecule has 1 aliphatic heterocycles. The molecule has 0 bridgehead atoms. The highest BCUT2D eigenvalue weighted by molar-refractivity contribution is 6.31. The number of methoxy groups -OCH3 is 1. The first kappa shape index (κ1) is 21.4. The van der Waals surface area contributed by atoms with Crippen molar-refractivity contribution in [2.24, 2.45) is 10.4 Å². The Balaban J connectivity index is 1.63. The third kappa shape index (κ3) is 5.00. The molecule has 6 heteroatoms. The lowest BCUT2D eigenvalue weighted by Crippen LogP contribution is -2.51. The molecular weight excluding hydrogens is 374 g/mol. The lowest BCUT2D eigenvalue weighted by atomic mass is 9.67. The van der Waals surface area contributed by atoms with Gasteiger partial charge in [0.05, 0.1) is 0 Å². The fourth-order valence-corrected chi connectivity index (χ4v) is 4.79. The van der Waals surface area contributed by atoms with Crippen molar-refractivity contribution in [2.75, 3.05) is 47.1 Å². The first-order chi connectivity index (χ1) is 13.6. The van der Waals surface area contributed by atoms with Gasteiger partial charge in [0.25, 0.3) is 0 Å². The average molecular weight is 408 g/mol. The highest BCUT2D eigenvalue weighted by Crippen LogP contribution is 2.43. The minimum atomic E-state index is -0.0293. The summed E-state index contributed by atoms with van der Waals surface area (Å²) in [5.74, 6) is 0.863. The summed E-state index contributed by atoms with van der Waals surface area (Å²) in [7, 11) is 3.62. The minimum Gasteiger partial charge on any atom is -0.385 e. The first-order valence-corrected chi connectivity index (χ1v) is 10.8. The Hall–Kier alpha value is -1.30. The second-order valence-corrected chi connectivity index (χ2v) is 8.66. The van der Waals surface area contributed by atoms with Crippen LogP contribution < -0.4 is 10.6 Å². The fraction of sp³-hybridized carbons (Fsp3) is 0.682. The van der Waals surface area contributed by atoms with Crippen LogP contribution in [0.15, 0.2) is 29.3 Å². The van der Waals surface area contributed by atoms with Gasteiger partial charge in [-0.05, 0) is 49.1 Å². The van der Waals surface area contributed by atoms with Gasteiger partial charge >= 0.3 is 0 Å². The summed E-state index contributed by atoms with van der Waals surface area (Å²) in [6, 6.07) is 8.20. The summed E-state index contributed by atoms with van der Waals surface area (Å²) in [5, 5.41) is 7.97. The van der Waals surface area contributed by atoms with Gasteiger partial charge < -0.3 is 20.1 Å². The summed E-state index contributed by atoms with van der Waals surface area (Å²) < 4.78 is 11.0. The Morgan fingerprint density at radius 2 is 1.86 bits per heavy atom. The standard InChI is InChI=1S/C22H34ClN3O2/c1-24-20(25-16-21(8-5-9-21)10-13-27-2)26-17-22(11-14-28-15-12-22)18-6-3-4-7-19(18)23/h3-4,6-7H,5,8-17H2,1-2H3,(H2,24,25,26). The van der Waals surface area contributed by atoms with Gasteiger partial charge in [-0.2, -0.15) is 0 Å². The molecule has 1 saturated heterocycles. The number of benzene rings is 1. The zero-order chi connectivity index (χ0) is 19.9. The van der Waals surface area contributed by atoms with Crippen molar-refractivity contribution < 1.29 is 9.47 Å². The van der Waals surface area contributed by atoms with Crippen LogP contribution in [0.5, 0.6) is 0 Å². The number of hydrogen-bond donors (Lipinski definition) is 2. The van der Waals surface area contributed by atoms with E-state index in [0.717, 1.165) is 63.2 Å². The molecule has 1 heterocycles. The molecule has 156 valence electrons. The Morgan fingerprint density at radius 3 is 2.46 bits per heavy atom. The Kier molecular flexibility index (Phi) is 7.61. The average Bonchev–Trinajstić information content (AvgIpc) is 2.70. The van der Waals surface area contributed by atoms with Gasteiger partial charge in [0.2, 0.25) is 0 Å². The number of ether oxygens (including phenoxy) is 2. The molecule has 5 nitrogen and oxygen atoms in total. The summed E-state index contributed by atoms with van der Waals surface area (Å²) in [6.45, 7) is 4.09. The van der Waals surface area contributed by atoms with Crippen LogP contribution in [-0.2, 0) is 14.9 Å². The number of rotatable bonds is 8. The van der Waals surface area contributed by atoms with Gasteiger partial charge in [0, 0.05) is 57.5 Å². The second-order valence-electron chi connectivity index (χ2n) is 8.25. The molecule has 3 rings (SSSR count). The van der Waals surface area contributed by atoms with E-state index in [1.807, 2.05) is 19.2 Å². The molecule has 0 atom stereocenters. The van der Waals surface area contributed by atoms with Crippen molar-refractivity contribution in [1.82, 2.24) is 10.6 Å². The van der Waals surface area contributed by atoms with Crippen molar-refractivity contribution in [3.8, 4) is 0 Å². The number of guanidine groups is 1. The maximum absolute atomic E-state index is 6.57. The van der Waals surface area contributed by atoms with Gasteiger partial charge in [0.15, 0.2) is 5.96 Å². The molecule has 1 saturated carbocycles. The molecule has 0 aromatic heterocycles. The van der Waals surface area contributed by atoms with Crippen LogP contribution >= 0.6 is 11.6 Å². The van der Waals surface area contributed by atoms with Crippen LogP contribution in [0.2, 0.25) is 5.02 Å². The van der Waals surface area contributed by atoms with Crippen LogP contribution in [0.4, 0.5) is 0 Å². The van der Waals surface area contributed by atoms with Crippen LogP contribution in [0.25, 0.3) is 0 Å². The van der Waals surface area contributed by atoms with Crippen LogP contribution in [0.1, 0.15) is 44.1 Å². The monoisotopic (exact) mass is 407 g/mol. The van der Waals surface area contributed by atoms with Crippen molar-refractivity contribution in [3.63, 3.8) is 0 Å². The van der Waals surface area contributed by atoms with E-state index in [1.165, 1.54) is 24.8 Å². The second kappa shape index (κ2) is 9.95. The van der Waals surface area contributed by atoms with Crippen molar-refractivity contribution in [3.05, 3.63) is 34.9 Å². The van der Waals surface area contributed by atoms with E-state index in [1.54, 1.807) is 7.11 Å². The van der Waals surface area contributed by atoms with Crippen LogP contribution in [-0.4, -0.2) is 53.0 Å². The molecule has 2 aliphatic rings. The van der Waals surface area contributed by atoms with Crippen molar-refractivity contribution in [1.29, 1.82) is 0 Å². The molecular formula is C22H34ClN3O2. The molecule has 2 fully saturated rings. The van der Waals surface area contributed by atoms with Gasteiger partial charge in [0.1, 0.15) is 0 Å². The zero-order valence-corrected chi connectivity index (χ0v) is 18.0. The summed E-state index contributed by atoms with van der Waals surface area (Å²) in [6.07, 6.45) is 6.86. The van der Waals surface area contributed by atoms with E-state index in [9.17, 15) is 0 Å². The van der Waals surface area contributed by atoms with E-state index >= 15 is 0 Å². The maximum atomic E-state index is 6.57. The lowest BCUT2D eigenvalue weighted by Gasteiger charge is -2.43. The molecule has 1 aliphatic carbocycles. The number of nitrogens with one attached hydrogen (secondary N) is 2. The molecule has 0 radical (unpaired) electrons. The Bertz CT molecular complexity index is 655. The normalized spacial score (nSPS) is 21.0. The van der Waals surface area contributed by atoms with Crippen molar-refractivity contribution >= 4 is 17.6 Å². The van der Waals surface area contributed by atoms with E-state index < -0.39 is 0 Å². The van der Waals surface area contributed by atoms with Crippen LogP contribution in [0, 0.1) is 5.41 Å². The predicted octanol–water partition coefficient (Wildman–Crippen LogP) is 3.76. The number of hydrogen-bond acceptors (Lipinski definition) is 3. The Morgan fingerprint density at radius 1 is 1.14 bits per heavy atom. The molecule has 0 amide bonds. The smallest absolute Gasteiger partial charge is 0.191 e. The lowest BCUT2D eigenvalue weighted by molar-refractivity contribution is 0.0512.